The average molecular weight is 316 g/mol. The molecule has 0 radical (unpaired) electrons. The molecule has 5 heteroatoms. The first-order chi connectivity index (χ1) is 11.2. The smallest absolute Gasteiger partial charge is 0.338 e. The van der Waals surface area contributed by atoms with E-state index in [1.54, 1.807) is 0 Å². The number of fused-ring (bicyclic) bond motifs is 2. The van der Waals surface area contributed by atoms with E-state index in [1.807, 2.05) is 6.07 Å². The quantitative estimate of drug-likeness (QED) is 0.785. The molecule has 0 amide bonds. The van der Waals surface area contributed by atoms with Gasteiger partial charge in [0.2, 0.25) is 0 Å². The van der Waals surface area contributed by atoms with Crippen LogP contribution in [0.4, 0.5) is 0 Å². The molecule has 0 aromatic heterocycles. The second-order valence-electron chi connectivity index (χ2n) is 6.77. The molecule has 0 saturated carbocycles. The Hall–Kier alpha value is -1.43. The average Bonchev–Trinajstić information content (AvgIpc) is 2.96. The normalized spacial score (nSPS) is 25.1. The predicted molar refractivity (Wildman–Crippen MR) is 86.6 cm³/mol. The van der Waals surface area contributed by atoms with E-state index in [1.165, 1.54) is 11.1 Å². The van der Waals surface area contributed by atoms with E-state index in [-0.39, 0.29) is 5.97 Å². The zero-order chi connectivity index (χ0) is 15.8. The van der Waals surface area contributed by atoms with Gasteiger partial charge in [0.15, 0.2) is 0 Å². The standard InChI is InChI=1S/C18H24N2O3/c1-13-14(2-3-16-17(13)12-23-18(16)21)4-5-19-6-7-20-8-9-22-11-15(20)10-19/h2-3,15H,4-12H2,1H3/t15-/m0/s1. The molecule has 0 aliphatic carbocycles. The van der Waals surface area contributed by atoms with Crippen molar-refractivity contribution in [2.24, 2.45) is 0 Å². The highest BCUT2D eigenvalue weighted by atomic mass is 16.5. The van der Waals surface area contributed by atoms with Crippen LogP contribution in [0.25, 0.3) is 0 Å². The Balaban J connectivity index is 1.39. The zero-order valence-electron chi connectivity index (χ0n) is 13.7. The summed E-state index contributed by atoms with van der Waals surface area (Å²) in [6.07, 6.45) is 1.03. The van der Waals surface area contributed by atoms with Crippen LogP contribution >= 0.6 is 0 Å². The van der Waals surface area contributed by atoms with E-state index in [4.69, 9.17) is 9.47 Å². The van der Waals surface area contributed by atoms with Crippen molar-refractivity contribution in [3.63, 3.8) is 0 Å². The van der Waals surface area contributed by atoms with Crippen LogP contribution in [0, 0.1) is 6.92 Å². The van der Waals surface area contributed by atoms with E-state index in [2.05, 4.69) is 22.8 Å². The van der Waals surface area contributed by atoms with Crippen molar-refractivity contribution in [1.29, 1.82) is 0 Å². The van der Waals surface area contributed by atoms with Crippen LogP contribution < -0.4 is 0 Å². The Bertz CT molecular complexity index is 617. The Morgan fingerprint density at radius 1 is 1.26 bits per heavy atom. The van der Waals surface area contributed by atoms with Crippen molar-refractivity contribution in [3.8, 4) is 0 Å². The second kappa shape index (κ2) is 6.23. The summed E-state index contributed by atoms with van der Waals surface area (Å²) in [6.45, 7) is 9.84. The molecule has 3 heterocycles. The molecule has 0 spiro atoms. The lowest BCUT2D eigenvalue weighted by atomic mass is 9.96. The van der Waals surface area contributed by atoms with Crippen molar-refractivity contribution < 1.29 is 14.3 Å². The van der Waals surface area contributed by atoms with Gasteiger partial charge in [-0.3, -0.25) is 4.90 Å². The van der Waals surface area contributed by atoms with Crippen molar-refractivity contribution >= 4 is 5.97 Å². The highest BCUT2D eigenvalue weighted by molar-refractivity contribution is 5.93. The molecule has 124 valence electrons. The minimum Gasteiger partial charge on any atom is -0.457 e. The molecule has 1 atom stereocenters. The molecular weight excluding hydrogens is 292 g/mol. The Labute approximate surface area is 137 Å². The van der Waals surface area contributed by atoms with Crippen LogP contribution in [0.5, 0.6) is 0 Å². The Kier molecular flexibility index (Phi) is 4.09. The van der Waals surface area contributed by atoms with Crippen LogP contribution in [0.15, 0.2) is 12.1 Å². The number of carbonyl (C=O) groups is 1. The highest BCUT2D eigenvalue weighted by Crippen LogP contribution is 2.26. The number of piperazine rings is 1. The summed E-state index contributed by atoms with van der Waals surface area (Å²) in [5.41, 5.74) is 4.40. The maximum absolute atomic E-state index is 11.6. The molecule has 2 saturated heterocycles. The maximum atomic E-state index is 11.6. The Morgan fingerprint density at radius 3 is 3.09 bits per heavy atom. The summed E-state index contributed by atoms with van der Waals surface area (Å²) in [5.74, 6) is -0.178. The van der Waals surface area contributed by atoms with Gasteiger partial charge in [-0.2, -0.15) is 0 Å². The third kappa shape index (κ3) is 2.89. The highest BCUT2D eigenvalue weighted by Gasteiger charge is 2.29. The summed E-state index contributed by atoms with van der Waals surface area (Å²) >= 11 is 0. The monoisotopic (exact) mass is 316 g/mol. The van der Waals surface area contributed by atoms with Crippen molar-refractivity contribution in [2.45, 2.75) is 26.0 Å². The molecule has 3 aliphatic rings. The topological polar surface area (TPSA) is 42.0 Å². The number of hydrogen-bond donors (Lipinski definition) is 0. The molecule has 0 N–H and O–H groups in total. The zero-order valence-corrected chi connectivity index (χ0v) is 13.7. The minimum absolute atomic E-state index is 0.178. The van der Waals surface area contributed by atoms with E-state index in [0.717, 1.165) is 63.5 Å². The number of nitrogens with zero attached hydrogens (tertiary/aromatic N) is 2. The lowest BCUT2D eigenvalue weighted by molar-refractivity contribution is -0.0442. The summed E-state index contributed by atoms with van der Waals surface area (Å²) in [6, 6.07) is 4.59. The molecule has 5 nitrogen and oxygen atoms in total. The number of carbonyl (C=O) groups excluding carboxylic acids is 1. The molecule has 3 aliphatic heterocycles. The molecular formula is C18H24N2O3. The molecule has 1 aromatic carbocycles. The number of rotatable bonds is 3. The number of ether oxygens (including phenoxy) is 2. The van der Waals surface area contributed by atoms with Gasteiger partial charge in [-0.05, 0) is 30.5 Å². The summed E-state index contributed by atoms with van der Waals surface area (Å²) < 4.78 is 10.8. The minimum atomic E-state index is -0.178. The van der Waals surface area contributed by atoms with Crippen LogP contribution in [-0.4, -0.2) is 67.7 Å². The fourth-order valence-electron chi connectivity index (χ4n) is 3.96. The fourth-order valence-corrected chi connectivity index (χ4v) is 3.96. The van der Waals surface area contributed by atoms with Crippen LogP contribution in [0.3, 0.4) is 0 Å². The molecule has 2 fully saturated rings. The van der Waals surface area contributed by atoms with E-state index >= 15 is 0 Å². The first-order valence-electron chi connectivity index (χ1n) is 8.55. The van der Waals surface area contributed by atoms with Crippen molar-refractivity contribution in [1.82, 2.24) is 9.80 Å². The first kappa shape index (κ1) is 15.1. The second-order valence-corrected chi connectivity index (χ2v) is 6.77. The number of benzene rings is 1. The summed E-state index contributed by atoms with van der Waals surface area (Å²) in [4.78, 5) is 16.7. The number of hydrogen-bond acceptors (Lipinski definition) is 5. The van der Waals surface area contributed by atoms with E-state index in [0.29, 0.717) is 12.6 Å². The SMILES string of the molecule is Cc1c(CCN2CCN3CCOC[C@@H]3C2)ccc2c1COC2=O. The van der Waals surface area contributed by atoms with Gasteiger partial charge < -0.3 is 14.4 Å². The molecule has 0 unspecified atom stereocenters. The van der Waals surface area contributed by atoms with Gasteiger partial charge in [-0.15, -0.1) is 0 Å². The lowest BCUT2D eigenvalue weighted by Gasteiger charge is -2.43. The number of morpholine rings is 1. The van der Waals surface area contributed by atoms with Gasteiger partial charge >= 0.3 is 5.97 Å². The Morgan fingerprint density at radius 2 is 2.17 bits per heavy atom. The van der Waals surface area contributed by atoms with Crippen LogP contribution in [-0.2, 0) is 22.5 Å². The van der Waals surface area contributed by atoms with Gasteiger partial charge in [-0.25, -0.2) is 4.79 Å². The van der Waals surface area contributed by atoms with Gasteiger partial charge in [0.05, 0.1) is 18.8 Å². The van der Waals surface area contributed by atoms with Crippen molar-refractivity contribution in [3.05, 3.63) is 34.4 Å². The summed E-state index contributed by atoms with van der Waals surface area (Å²) in [7, 11) is 0. The van der Waals surface area contributed by atoms with Gasteiger partial charge in [0.1, 0.15) is 6.61 Å². The third-order valence-electron chi connectivity index (χ3n) is 5.50. The van der Waals surface area contributed by atoms with Gasteiger partial charge in [-0.1, -0.05) is 6.07 Å². The summed E-state index contributed by atoms with van der Waals surface area (Å²) in [5, 5.41) is 0. The van der Waals surface area contributed by atoms with Gasteiger partial charge in [0.25, 0.3) is 0 Å². The lowest BCUT2D eigenvalue weighted by Crippen LogP contribution is -2.58. The maximum Gasteiger partial charge on any atom is 0.338 e. The third-order valence-corrected chi connectivity index (χ3v) is 5.50. The van der Waals surface area contributed by atoms with E-state index < -0.39 is 0 Å². The molecule has 1 aromatic rings. The van der Waals surface area contributed by atoms with Crippen LogP contribution in [0.1, 0.15) is 27.0 Å². The fraction of sp³-hybridized carbons (Fsp3) is 0.611. The van der Waals surface area contributed by atoms with Crippen LogP contribution in [0.2, 0.25) is 0 Å². The number of cyclic esters (lactones) is 1. The first-order valence-corrected chi connectivity index (χ1v) is 8.55. The molecule has 4 rings (SSSR count). The molecule has 0 bridgehead atoms. The predicted octanol–water partition coefficient (Wildman–Crippen LogP) is 1.22. The largest absolute Gasteiger partial charge is 0.457 e. The van der Waals surface area contributed by atoms with E-state index in [9.17, 15) is 4.79 Å². The van der Waals surface area contributed by atoms with Crippen molar-refractivity contribution in [2.75, 3.05) is 45.9 Å². The number of esters is 1. The molecule has 23 heavy (non-hydrogen) atoms. The van der Waals surface area contributed by atoms with Gasteiger partial charge in [0, 0.05) is 44.3 Å².